The molecule has 0 aromatic carbocycles. The zero-order valence-corrected chi connectivity index (χ0v) is 4.17. The van der Waals surface area contributed by atoms with E-state index in [0.717, 1.165) is 12.8 Å². The molecule has 2 heteroatoms. The van der Waals surface area contributed by atoms with Crippen LogP contribution in [0.4, 0.5) is 0 Å². The number of aliphatic hydroxyl groups excluding tert-OH is 1. The van der Waals surface area contributed by atoms with Gasteiger partial charge >= 0.3 is 0 Å². The second-order valence-electron chi connectivity index (χ2n) is 1.97. The Balaban J connectivity index is 2.33. The van der Waals surface area contributed by atoms with Crippen LogP contribution in [0.2, 0.25) is 0 Å². The highest BCUT2D eigenvalue weighted by molar-refractivity contribution is 4.92. The van der Waals surface area contributed by atoms with E-state index in [9.17, 15) is 0 Å². The van der Waals surface area contributed by atoms with Gasteiger partial charge in [0.15, 0.2) is 0 Å². The normalized spacial score (nSPS) is 42.0. The average molecular weight is 100 g/mol. The Bertz CT molecular complexity index is 57.1. The molecule has 0 bridgehead atoms. The first-order valence-electron chi connectivity index (χ1n) is 2.57. The van der Waals surface area contributed by atoms with Crippen LogP contribution >= 0.6 is 0 Å². The highest BCUT2D eigenvalue weighted by atomic mass is 16.3. The lowest BCUT2D eigenvalue weighted by molar-refractivity contribution is 0.195. The van der Waals surface area contributed by atoms with E-state index >= 15 is 0 Å². The van der Waals surface area contributed by atoms with Crippen LogP contribution in [0, 0.1) is 6.42 Å². The summed E-state index contributed by atoms with van der Waals surface area (Å²) in [5.41, 5.74) is 5.40. The van der Waals surface area contributed by atoms with E-state index in [1.54, 1.807) is 0 Å². The summed E-state index contributed by atoms with van der Waals surface area (Å²) < 4.78 is 0. The first-order chi connectivity index (χ1) is 3.30. The minimum Gasteiger partial charge on any atom is -0.391 e. The van der Waals surface area contributed by atoms with E-state index in [1.807, 2.05) is 6.42 Å². The third-order valence-corrected chi connectivity index (χ3v) is 1.35. The smallest absolute Gasteiger partial charge is 0.0722 e. The fourth-order valence-electron chi connectivity index (χ4n) is 0.805. The molecule has 0 aromatic rings. The number of rotatable bonds is 0. The van der Waals surface area contributed by atoms with E-state index in [4.69, 9.17) is 10.8 Å². The molecule has 1 aliphatic rings. The first-order valence-corrected chi connectivity index (χ1v) is 2.57. The van der Waals surface area contributed by atoms with Gasteiger partial charge < -0.3 is 10.8 Å². The maximum absolute atomic E-state index is 8.82. The van der Waals surface area contributed by atoms with Crippen LogP contribution in [0.3, 0.4) is 0 Å². The monoisotopic (exact) mass is 100 g/mol. The van der Waals surface area contributed by atoms with Crippen LogP contribution < -0.4 is 5.73 Å². The maximum Gasteiger partial charge on any atom is 0.0722 e. The molecule has 2 unspecified atom stereocenters. The molecule has 1 rings (SSSR count). The highest BCUT2D eigenvalue weighted by Gasteiger charge is 2.20. The molecule has 0 amide bonds. The SMILES string of the molecule is NC1CC[CH]C1O. The second-order valence-corrected chi connectivity index (χ2v) is 1.97. The zero-order chi connectivity index (χ0) is 5.28. The molecule has 41 valence electrons. The van der Waals surface area contributed by atoms with E-state index in [2.05, 4.69) is 0 Å². The fourth-order valence-corrected chi connectivity index (χ4v) is 0.805. The molecule has 0 aromatic heterocycles. The Labute approximate surface area is 43.3 Å². The van der Waals surface area contributed by atoms with E-state index < -0.39 is 0 Å². The van der Waals surface area contributed by atoms with Crippen molar-refractivity contribution in [3.8, 4) is 0 Å². The third-order valence-electron chi connectivity index (χ3n) is 1.35. The summed E-state index contributed by atoms with van der Waals surface area (Å²) in [4.78, 5) is 0. The summed E-state index contributed by atoms with van der Waals surface area (Å²) in [5, 5.41) is 8.82. The molecule has 1 radical (unpaired) electrons. The van der Waals surface area contributed by atoms with Crippen LogP contribution in [0.15, 0.2) is 0 Å². The molecular formula is C5H10NO. The first kappa shape index (κ1) is 5.06. The molecular weight excluding hydrogens is 90.1 g/mol. The van der Waals surface area contributed by atoms with Crippen LogP contribution in [0.25, 0.3) is 0 Å². The predicted octanol–water partition coefficient (Wildman–Crippen LogP) is -0.327. The van der Waals surface area contributed by atoms with Gasteiger partial charge in [-0.2, -0.15) is 0 Å². The molecule has 0 spiro atoms. The fraction of sp³-hybridized carbons (Fsp3) is 0.800. The van der Waals surface area contributed by atoms with Gasteiger partial charge in [-0.1, -0.05) is 0 Å². The van der Waals surface area contributed by atoms with Crippen molar-refractivity contribution in [1.29, 1.82) is 0 Å². The number of nitrogens with two attached hydrogens (primary N) is 1. The van der Waals surface area contributed by atoms with Crippen LogP contribution in [-0.2, 0) is 0 Å². The standard InChI is InChI=1S/C5H10NO/c6-4-2-1-3-5(4)7/h3-5,7H,1-2,6H2. The molecule has 1 saturated carbocycles. The van der Waals surface area contributed by atoms with Gasteiger partial charge in [0.2, 0.25) is 0 Å². The minimum atomic E-state index is -0.333. The molecule has 3 N–H and O–H groups in total. The van der Waals surface area contributed by atoms with E-state index in [-0.39, 0.29) is 12.1 Å². The molecule has 2 nitrogen and oxygen atoms in total. The van der Waals surface area contributed by atoms with Crippen molar-refractivity contribution in [2.75, 3.05) is 0 Å². The molecule has 7 heavy (non-hydrogen) atoms. The van der Waals surface area contributed by atoms with Crippen molar-refractivity contribution < 1.29 is 5.11 Å². The van der Waals surface area contributed by atoms with Crippen LogP contribution in [-0.4, -0.2) is 17.3 Å². The van der Waals surface area contributed by atoms with E-state index in [1.165, 1.54) is 0 Å². The zero-order valence-electron chi connectivity index (χ0n) is 4.17. The van der Waals surface area contributed by atoms with Gasteiger partial charge in [0.25, 0.3) is 0 Å². The molecule has 0 aliphatic heterocycles. The molecule has 1 aliphatic carbocycles. The van der Waals surface area contributed by atoms with Crippen LogP contribution in [0.5, 0.6) is 0 Å². The molecule has 0 saturated heterocycles. The lowest BCUT2D eigenvalue weighted by Crippen LogP contribution is -2.28. The second kappa shape index (κ2) is 1.80. The summed E-state index contributed by atoms with van der Waals surface area (Å²) in [6.07, 6.45) is 3.44. The quantitative estimate of drug-likeness (QED) is 0.438. The third kappa shape index (κ3) is 0.924. The largest absolute Gasteiger partial charge is 0.391 e. The predicted molar refractivity (Wildman–Crippen MR) is 27.5 cm³/mol. The number of hydrogen-bond donors (Lipinski definition) is 2. The lowest BCUT2D eigenvalue weighted by atomic mass is 10.2. The van der Waals surface area contributed by atoms with Crippen molar-refractivity contribution in [3.05, 3.63) is 6.42 Å². The summed E-state index contributed by atoms with van der Waals surface area (Å²) >= 11 is 0. The van der Waals surface area contributed by atoms with Crippen molar-refractivity contribution in [2.24, 2.45) is 5.73 Å². The van der Waals surface area contributed by atoms with Crippen molar-refractivity contribution in [3.63, 3.8) is 0 Å². The van der Waals surface area contributed by atoms with Gasteiger partial charge in [0.05, 0.1) is 6.10 Å². The summed E-state index contributed by atoms with van der Waals surface area (Å²) in [6, 6.07) is 0.0139. The summed E-state index contributed by atoms with van der Waals surface area (Å²) in [6.45, 7) is 0. The lowest BCUT2D eigenvalue weighted by Gasteiger charge is -2.04. The van der Waals surface area contributed by atoms with Gasteiger partial charge in [-0.05, 0) is 19.3 Å². The van der Waals surface area contributed by atoms with E-state index in [0.29, 0.717) is 0 Å². The Hall–Kier alpha value is -0.0800. The van der Waals surface area contributed by atoms with Gasteiger partial charge in [-0.25, -0.2) is 0 Å². The summed E-state index contributed by atoms with van der Waals surface area (Å²) in [5.74, 6) is 0. The van der Waals surface area contributed by atoms with Crippen molar-refractivity contribution in [2.45, 2.75) is 25.0 Å². The average Bonchev–Trinajstić information content (AvgIpc) is 1.91. The molecule has 0 heterocycles. The summed E-state index contributed by atoms with van der Waals surface area (Å²) in [7, 11) is 0. The number of aliphatic hydroxyl groups is 1. The topological polar surface area (TPSA) is 46.2 Å². The Morgan fingerprint density at radius 1 is 1.71 bits per heavy atom. The number of hydrogen-bond acceptors (Lipinski definition) is 2. The van der Waals surface area contributed by atoms with Crippen molar-refractivity contribution >= 4 is 0 Å². The van der Waals surface area contributed by atoms with Gasteiger partial charge in [-0.3, -0.25) is 0 Å². The Kier molecular flexibility index (Phi) is 1.30. The highest BCUT2D eigenvalue weighted by Crippen LogP contribution is 2.14. The molecule has 2 atom stereocenters. The Morgan fingerprint density at radius 3 is 2.57 bits per heavy atom. The van der Waals surface area contributed by atoms with Gasteiger partial charge in [-0.15, -0.1) is 0 Å². The Morgan fingerprint density at radius 2 is 2.43 bits per heavy atom. The molecule has 1 fully saturated rings. The van der Waals surface area contributed by atoms with Gasteiger partial charge in [0.1, 0.15) is 0 Å². The minimum absolute atomic E-state index is 0.0139. The van der Waals surface area contributed by atoms with Gasteiger partial charge in [0, 0.05) is 6.04 Å². The maximum atomic E-state index is 8.82. The van der Waals surface area contributed by atoms with Crippen LogP contribution in [0.1, 0.15) is 12.8 Å². The van der Waals surface area contributed by atoms with Crippen molar-refractivity contribution in [1.82, 2.24) is 0 Å².